The molecular weight excluding hydrogens is 154 g/mol. The van der Waals surface area contributed by atoms with Crippen molar-refractivity contribution in [1.82, 2.24) is 4.90 Å². The first-order chi connectivity index (χ1) is 5.70. The topological polar surface area (TPSA) is 62.3 Å². The van der Waals surface area contributed by atoms with Crippen molar-refractivity contribution in [2.75, 3.05) is 26.8 Å². The van der Waals surface area contributed by atoms with Crippen LogP contribution in [0.1, 0.15) is 12.8 Å². The Balaban J connectivity index is 1.89. The van der Waals surface area contributed by atoms with Crippen LogP contribution in [0.3, 0.4) is 0 Å². The number of nitrogens with two attached hydrogens (primary N) is 1. The molecule has 0 unspecified atom stereocenters. The molecule has 0 aromatic carbocycles. The number of hydrogen-bond donors (Lipinski definition) is 2. The second-order valence-electron chi connectivity index (χ2n) is 3.33. The number of likely N-dealkylation sites (N-methyl/N-ethyl adjacent to an activating group) is 1. The molecule has 1 fully saturated rings. The van der Waals surface area contributed by atoms with Gasteiger partial charge in [-0.25, -0.2) is 0 Å². The summed E-state index contributed by atoms with van der Waals surface area (Å²) in [4.78, 5) is 1.67. The fourth-order valence-electron chi connectivity index (χ4n) is 0.856. The molecule has 0 aromatic heterocycles. The molecule has 0 aromatic rings. The lowest BCUT2D eigenvalue weighted by Gasteiger charge is -2.15. The Hall–Kier alpha value is -0.770. The van der Waals surface area contributed by atoms with Crippen LogP contribution >= 0.6 is 0 Å². The average Bonchev–Trinajstić information content (AvgIpc) is 2.80. The van der Waals surface area contributed by atoms with E-state index in [0.717, 1.165) is 12.5 Å². The van der Waals surface area contributed by atoms with Gasteiger partial charge in [0, 0.05) is 20.2 Å². The third kappa shape index (κ3) is 3.57. The first kappa shape index (κ1) is 9.32. The van der Waals surface area contributed by atoms with Crippen LogP contribution in [0, 0.1) is 11.3 Å². The number of ether oxygens (including phenoxy) is 1. The third-order valence-corrected chi connectivity index (χ3v) is 2.03. The molecule has 0 spiro atoms. The lowest BCUT2D eigenvalue weighted by atomic mass is 10.5. The quantitative estimate of drug-likeness (QED) is 0.354. The van der Waals surface area contributed by atoms with E-state index in [4.69, 9.17) is 15.9 Å². The van der Waals surface area contributed by atoms with E-state index in [1.165, 1.54) is 12.8 Å². The summed E-state index contributed by atoms with van der Waals surface area (Å²) in [5.74, 6) is 0.914. The van der Waals surface area contributed by atoms with Crippen LogP contribution in [0.2, 0.25) is 0 Å². The summed E-state index contributed by atoms with van der Waals surface area (Å²) in [6.07, 6.45) is 2.64. The molecule has 0 aliphatic heterocycles. The molecule has 12 heavy (non-hydrogen) atoms. The van der Waals surface area contributed by atoms with Crippen molar-refractivity contribution < 1.29 is 4.74 Å². The first-order valence-corrected chi connectivity index (χ1v) is 4.33. The summed E-state index contributed by atoms with van der Waals surface area (Å²) in [5.41, 5.74) is 5.24. The van der Waals surface area contributed by atoms with Crippen LogP contribution in [-0.4, -0.2) is 37.7 Å². The molecule has 0 atom stereocenters. The van der Waals surface area contributed by atoms with Crippen molar-refractivity contribution in [2.45, 2.75) is 12.8 Å². The van der Waals surface area contributed by atoms with Gasteiger partial charge in [0.15, 0.2) is 5.96 Å². The highest BCUT2D eigenvalue weighted by Gasteiger charge is 2.20. The van der Waals surface area contributed by atoms with Crippen LogP contribution in [0.4, 0.5) is 0 Å². The van der Waals surface area contributed by atoms with E-state index >= 15 is 0 Å². The fraction of sp³-hybridized carbons (Fsp3) is 0.875. The second kappa shape index (κ2) is 4.30. The predicted octanol–water partition coefficient (Wildman–Crippen LogP) is 0.238. The van der Waals surface area contributed by atoms with Crippen LogP contribution in [0.5, 0.6) is 0 Å². The molecular formula is C8H17N3O. The Bertz CT molecular complexity index is 156. The van der Waals surface area contributed by atoms with Crippen molar-refractivity contribution >= 4 is 5.96 Å². The van der Waals surface area contributed by atoms with Gasteiger partial charge in [-0.2, -0.15) is 0 Å². The summed E-state index contributed by atoms with van der Waals surface area (Å²) in [6.45, 7) is 2.26. The van der Waals surface area contributed by atoms with E-state index in [1.807, 2.05) is 0 Å². The maximum Gasteiger partial charge on any atom is 0.188 e. The number of nitrogens with one attached hydrogen (secondary N) is 1. The standard InChI is InChI=1S/C8H17N3O/c1-11(8(9)10)4-5-12-6-7-2-3-7/h7H,2-6H2,1H3,(H3,9,10). The summed E-state index contributed by atoms with van der Waals surface area (Å²) in [6, 6.07) is 0. The minimum atomic E-state index is 0.102. The smallest absolute Gasteiger partial charge is 0.188 e. The SMILES string of the molecule is CN(CCOCC1CC1)C(=N)N. The Labute approximate surface area is 73.2 Å². The van der Waals surface area contributed by atoms with E-state index in [9.17, 15) is 0 Å². The maximum atomic E-state index is 7.08. The third-order valence-electron chi connectivity index (χ3n) is 2.03. The van der Waals surface area contributed by atoms with Gasteiger partial charge in [0.1, 0.15) is 0 Å². The molecule has 3 N–H and O–H groups in total. The second-order valence-corrected chi connectivity index (χ2v) is 3.33. The highest BCUT2D eigenvalue weighted by molar-refractivity contribution is 5.74. The van der Waals surface area contributed by atoms with E-state index in [2.05, 4.69) is 0 Å². The van der Waals surface area contributed by atoms with Gasteiger partial charge in [-0.1, -0.05) is 0 Å². The van der Waals surface area contributed by atoms with E-state index in [-0.39, 0.29) is 5.96 Å². The Morgan fingerprint density at radius 2 is 2.33 bits per heavy atom. The molecule has 1 aliphatic carbocycles. The number of nitrogens with zero attached hydrogens (tertiary/aromatic N) is 1. The molecule has 4 nitrogen and oxygen atoms in total. The molecule has 4 heteroatoms. The van der Waals surface area contributed by atoms with Gasteiger partial charge in [0.2, 0.25) is 0 Å². The van der Waals surface area contributed by atoms with Crippen molar-refractivity contribution in [3.63, 3.8) is 0 Å². The Morgan fingerprint density at radius 3 is 2.83 bits per heavy atom. The van der Waals surface area contributed by atoms with E-state index in [0.29, 0.717) is 13.2 Å². The van der Waals surface area contributed by atoms with Crippen molar-refractivity contribution in [3.8, 4) is 0 Å². The molecule has 0 radical (unpaired) electrons. The number of rotatable bonds is 5. The average molecular weight is 171 g/mol. The molecule has 1 rings (SSSR count). The lowest BCUT2D eigenvalue weighted by Crippen LogP contribution is -2.35. The Morgan fingerprint density at radius 1 is 1.67 bits per heavy atom. The minimum absolute atomic E-state index is 0.102. The summed E-state index contributed by atoms with van der Waals surface area (Å²) < 4.78 is 5.38. The van der Waals surface area contributed by atoms with Crippen molar-refractivity contribution in [3.05, 3.63) is 0 Å². The number of guanidine groups is 1. The van der Waals surface area contributed by atoms with Crippen molar-refractivity contribution in [2.24, 2.45) is 11.7 Å². The molecule has 0 heterocycles. The highest BCUT2D eigenvalue weighted by Crippen LogP contribution is 2.28. The molecule has 0 amide bonds. The fourth-order valence-corrected chi connectivity index (χ4v) is 0.856. The van der Waals surface area contributed by atoms with Gasteiger partial charge in [-0.3, -0.25) is 5.41 Å². The lowest BCUT2D eigenvalue weighted by molar-refractivity contribution is 0.115. The van der Waals surface area contributed by atoms with Gasteiger partial charge in [0.25, 0.3) is 0 Å². The molecule has 70 valence electrons. The van der Waals surface area contributed by atoms with E-state index < -0.39 is 0 Å². The normalized spacial score (nSPS) is 16.1. The highest BCUT2D eigenvalue weighted by atomic mass is 16.5. The van der Waals surface area contributed by atoms with Gasteiger partial charge >= 0.3 is 0 Å². The summed E-state index contributed by atoms with van der Waals surface area (Å²) >= 11 is 0. The van der Waals surface area contributed by atoms with Gasteiger partial charge in [-0.15, -0.1) is 0 Å². The molecule has 0 saturated heterocycles. The van der Waals surface area contributed by atoms with Gasteiger partial charge in [0.05, 0.1) is 6.61 Å². The van der Waals surface area contributed by atoms with Crippen LogP contribution in [0.25, 0.3) is 0 Å². The van der Waals surface area contributed by atoms with Gasteiger partial charge in [-0.05, 0) is 18.8 Å². The molecule has 1 saturated carbocycles. The first-order valence-electron chi connectivity index (χ1n) is 4.33. The largest absolute Gasteiger partial charge is 0.379 e. The summed E-state index contributed by atoms with van der Waals surface area (Å²) in [5, 5.41) is 7.08. The Kier molecular flexibility index (Phi) is 3.34. The van der Waals surface area contributed by atoms with Crippen LogP contribution < -0.4 is 5.73 Å². The zero-order valence-electron chi connectivity index (χ0n) is 7.55. The van der Waals surface area contributed by atoms with E-state index in [1.54, 1.807) is 11.9 Å². The van der Waals surface area contributed by atoms with Gasteiger partial charge < -0.3 is 15.4 Å². The monoisotopic (exact) mass is 171 g/mol. The minimum Gasteiger partial charge on any atom is -0.379 e. The van der Waals surface area contributed by atoms with Crippen LogP contribution in [0.15, 0.2) is 0 Å². The number of hydrogen-bond acceptors (Lipinski definition) is 2. The molecule has 1 aliphatic rings. The zero-order chi connectivity index (χ0) is 8.97. The maximum absolute atomic E-state index is 7.08. The molecule has 0 bridgehead atoms. The van der Waals surface area contributed by atoms with Crippen LogP contribution in [-0.2, 0) is 4.74 Å². The summed E-state index contributed by atoms with van der Waals surface area (Å²) in [7, 11) is 1.79. The predicted molar refractivity (Wildman–Crippen MR) is 48.1 cm³/mol. The van der Waals surface area contributed by atoms with Crippen molar-refractivity contribution in [1.29, 1.82) is 5.41 Å². The zero-order valence-corrected chi connectivity index (χ0v) is 7.55.